The van der Waals surface area contributed by atoms with Gasteiger partial charge in [-0.25, -0.2) is 4.98 Å². The fraction of sp³-hybridized carbons (Fsp3) is 0.321. The summed E-state index contributed by atoms with van der Waals surface area (Å²) in [5.74, 6) is 0.545. The highest BCUT2D eigenvalue weighted by Gasteiger charge is 2.24. The van der Waals surface area contributed by atoms with E-state index in [2.05, 4.69) is 17.2 Å². The number of nitrogens with zero attached hydrogens (tertiary/aromatic N) is 2. The van der Waals surface area contributed by atoms with E-state index in [0.29, 0.717) is 17.9 Å². The van der Waals surface area contributed by atoms with Crippen LogP contribution in [0.25, 0.3) is 6.08 Å². The van der Waals surface area contributed by atoms with E-state index in [9.17, 15) is 9.59 Å². The zero-order valence-electron chi connectivity index (χ0n) is 20.4. The number of likely N-dealkylation sites (tertiary alicyclic amines) is 1. The molecule has 2 aromatic carbocycles. The largest absolute Gasteiger partial charge is 0.487 e. The third-order valence-electron chi connectivity index (χ3n) is 6.13. The SMILES string of the molecule is Cc1nc(COc2cccc(/C=C/C(=O)Nc3ccc(C(=O)N4CCCCC4C)cc3C)c2)cs1. The van der Waals surface area contributed by atoms with Crippen molar-refractivity contribution in [3.05, 3.63) is 81.3 Å². The van der Waals surface area contributed by atoms with Gasteiger partial charge in [-0.15, -0.1) is 11.3 Å². The third-order valence-corrected chi connectivity index (χ3v) is 6.96. The lowest BCUT2D eigenvalue weighted by Crippen LogP contribution is -2.42. The van der Waals surface area contributed by atoms with Crippen LogP contribution >= 0.6 is 11.3 Å². The topological polar surface area (TPSA) is 71.5 Å². The minimum atomic E-state index is -0.235. The number of piperidine rings is 1. The van der Waals surface area contributed by atoms with Gasteiger partial charge in [0.2, 0.25) is 5.91 Å². The van der Waals surface area contributed by atoms with E-state index < -0.39 is 0 Å². The quantitative estimate of drug-likeness (QED) is 0.413. The lowest BCUT2D eigenvalue weighted by molar-refractivity contribution is -0.111. The molecule has 1 aromatic heterocycles. The molecule has 1 atom stereocenters. The number of ether oxygens (including phenoxy) is 1. The number of benzene rings is 2. The van der Waals surface area contributed by atoms with Crippen LogP contribution in [0.5, 0.6) is 5.75 Å². The van der Waals surface area contributed by atoms with Gasteiger partial charge in [0.15, 0.2) is 0 Å². The van der Waals surface area contributed by atoms with Crippen molar-refractivity contribution in [1.82, 2.24) is 9.88 Å². The van der Waals surface area contributed by atoms with Crippen LogP contribution in [0.2, 0.25) is 0 Å². The number of hydrogen-bond acceptors (Lipinski definition) is 5. The van der Waals surface area contributed by atoms with Crippen molar-refractivity contribution in [2.24, 2.45) is 0 Å². The summed E-state index contributed by atoms with van der Waals surface area (Å²) in [6.07, 6.45) is 6.52. The molecule has 3 aromatic rings. The summed E-state index contributed by atoms with van der Waals surface area (Å²) < 4.78 is 5.82. The Morgan fingerprint density at radius 1 is 1.20 bits per heavy atom. The molecule has 1 unspecified atom stereocenters. The second-order valence-corrected chi connectivity index (χ2v) is 9.98. The van der Waals surface area contributed by atoms with Gasteiger partial charge in [0.05, 0.1) is 10.7 Å². The van der Waals surface area contributed by atoms with E-state index in [4.69, 9.17) is 4.74 Å². The van der Waals surface area contributed by atoms with Gasteiger partial charge in [-0.05, 0) is 87.6 Å². The second kappa shape index (κ2) is 11.3. The highest BCUT2D eigenvalue weighted by Crippen LogP contribution is 2.23. The summed E-state index contributed by atoms with van der Waals surface area (Å²) in [6, 6.07) is 13.3. The predicted molar refractivity (Wildman–Crippen MR) is 141 cm³/mol. The minimum Gasteiger partial charge on any atom is -0.487 e. The molecule has 1 fully saturated rings. The zero-order chi connectivity index (χ0) is 24.8. The van der Waals surface area contributed by atoms with E-state index in [-0.39, 0.29) is 17.9 Å². The van der Waals surface area contributed by atoms with Crippen LogP contribution in [-0.2, 0) is 11.4 Å². The molecule has 182 valence electrons. The molecule has 6 nitrogen and oxygen atoms in total. The molecule has 2 amide bonds. The summed E-state index contributed by atoms with van der Waals surface area (Å²) in [4.78, 5) is 31.8. The average molecular weight is 490 g/mol. The molecule has 2 heterocycles. The molecule has 0 spiro atoms. The molecule has 0 aliphatic carbocycles. The van der Waals surface area contributed by atoms with Gasteiger partial charge in [-0.2, -0.15) is 0 Å². The van der Waals surface area contributed by atoms with E-state index in [1.165, 1.54) is 12.5 Å². The van der Waals surface area contributed by atoms with Crippen molar-refractivity contribution < 1.29 is 14.3 Å². The number of carbonyl (C=O) groups excluding carboxylic acids is 2. The van der Waals surface area contributed by atoms with Gasteiger partial charge in [0.1, 0.15) is 12.4 Å². The first-order chi connectivity index (χ1) is 16.9. The van der Waals surface area contributed by atoms with Crippen molar-refractivity contribution >= 4 is 34.9 Å². The van der Waals surface area contributed by atoms with Gasteiger partial charge in [-0.3, -0.25) is 9.59 Å². The summed E-state index contributed by atoms with van der Waals surface area (Å²) in [6.45, 7) is 7.19. The fourth-order valence-corrected chi connectivity index (χ4v) is 4.79. The van der Waals surface area contributed by atoms with Crippen molar-refractivity contribution in [3.8, 4) is 5.75 Å². The maximum atomic E-state index is 12.9. The van der Waals surface area contributed by atoms with Gasteiger partial charge >= 0.3 is 0 Å². The lowest BCUT2D eigenvalue weighted by Gasteiger charge is -2.33. The van der Waals surface area contributed by atoms with Gasteiger partial charge in [-0.1, -0.05) is 12.1 Å². The Morgan fingerprint density at radius 2 is 2.06 bits per heavy atom. The molecule has 1 aliphatic rings. The third kappa shape index (κ3) is 6.57. The number of anilines is 1. The maximum absolute atomic E-state index is 12.9. The Kier molecular flexibility index (Phi) is 7.98. The molecule has 1 N–H and O–H groups in total. The van der Waals surface area contributed by atoms with Crippen LogP contribution in [0.1, 0.15) is 58.4 Å². The zero-order valence-corrected chi connectivity index (χ0v) is 21.2. The average Bonchev–Trinajstić information content (AvgIpc) is 3.28. The molecule has 35 heavy (non-hydrogen) atoms. The Morgan fingerprint density at radius 3 is 2.80 bits per heavy atom. The minimum absolute atomic E-state index is 0.0603. The van der Waals surface area contributed by atoms with Gasteiger partial charge in [0.25, 0.3) is 5.91 Å². The second-order valence-electron chi connectivity index (χ2n) is 8.91. The molecule has 7 heteroatoms. The maximum Gasteiger partial charge on any atom is 0.254 e. The summed E-state index contributed by atoms with van der Waals surface area (Å²) >= 11 is 1.60. The number of thiazole rings is 1. The van der Waals surface area contributed by atoms with Crippen molar-refractivity contribution in [3.63, 3.8) is 0 Å². The monoisotopic (exact) mass is 489 g/mol. The lowest BCUT2D eigenvalue weighted by atomic mass is 10.0. The first-order valence-electron chi connectivity index (χ1n) is 11.9. The number of nitrogens with one attached hydrogen (secondary N) is 1. The van der Waals surface area contributed by atoms with E-state index in [1.807, 2.05) is 54.5 Å². The Balaban J connectivity index is 1.35. The molecule has 1 saturated heterocycles. The standard InChI is InChI=1S/C28H31N3O3S/c1-19-15-23(28(33)31-14-5-4-7-20(31)2)11-12-26(19)30-27(32)13-10-22-8-6-9-25(16-22)34-17-24-18-35-21(3)29-24/h6,8-13,15-16,18,20H,4-5,7,14,17H2,1-3H3,(H,30,32)/b13-10+. The van der Waals surface area contributed by atoms with E-state index in [0.717, 1.165) is 47.0 Å². The van der Waals surface area contributed by atoms with Crippen molar-refractivity contribution in [1.29, 1.82) is 0 Å². The highest BCUT2D eigenvalue weighted by molar-refractivity contribution is 7.09. The molecular formula is C28H31N3O3S. The van der Waals surface area contributed by atoms with E-state index >= 15 is 0 Å². The molecule has 4 rings (SSSR count). The number of aryl methyl sites for hydroxylation is 2. The number of amides is 2. The first-order valence-corrected chi connectivity index (χ1v) is 12.8. The van der Waals surface area contributed by atoms with Crippen molar-refractivity contribution in [2.45, 2.75) is 52.7 Å². The van der Waals surface area contributed by atoms with Crippen LogP contribution in [0, 0.1) is 13.8 Å². The fourth-order valence-electron chi connectivity index (χ4n) is 4.19. The normalized spacial score (nSPS) is 15.9. The Bertz CT molecular complexity index is 1230. The molecule has 0 saturated carbocycles. The van der Waals surface area contributed by atoms with E-state index in [1.54, 1.807) is 29.5 Å². The summed E-state index contributed by atoms with van der Waals surface area (Å²) in [7, 11) is 0. The van der Waals surface area contributed by atoms with Crippen LogP contribution in [-0.4, -0.2) is 34.3 Å². The van der Waals surface area contributed by atoms with Crippen LogP contribution in [0.4, 0.5) is 5.69 Å². The van der Waals surface area contributed by atoms with Crippen LogP contribution < -0.4 is 10.1 Å². The van der Waals surface area contributed by atoms with Crippen LogP contribution in [0.3, 0.4) is 0 Å². The highest BCUT2D eigenvalue weighted by atomic mass is 32.1. The van der Waals surface area contributed by atoms with Gasteiger partial charge in [0, 0.05) is 35.3 Å². The number of hydrogen-bond donors (Lipinski definition) is 1. The Hall–Kier alpha value is -3.45. The van der Waals surface area contributed by atoms with Crippen LogP contribution in [0.15, 0.2) is 53.9 Å². The Labute approximate surface area is 210 Å². The number of aromatic nitrogens is 1. The molecule has 0 radical (unpaired) electrons. The molecule has 1 aliphatic heterocycles. The predicted octanol–water partition coefficient (Wildman–Crippen LogP) is 6.01. The molecular weight excluding hydrogens is 458 g/mol. The van der Waals surface area contributed by atoms with Gasteiger partial charge < -0.3 is 15.0 Å². The smallest absolute Gasteiger partial charge is 0.254 e. The number of carbonyl (C=O) groups is 2. The first kappa shape index (κ1) is 24.7. The molecule has 0 bridgehead atoms. The summed E-state index contributed by atoms with van der Waals surface area (Å²) in [5, 5.41) is 5.91. The number of rotatable bonds is 7. The summed E-state index contributed by atoms with van der Waals surface area (Å²) in [5.41, 5.74) is 3.98. The van der Waals surface area contributed by atoms with Crippen molar-refractivity contribution in [2.75, 3.05) is 11.9 Å².